The van der Waals surface area contributed by atoms with Gasteiger partial charge in [0.25, 0.3) is 11.6 Å². The van der Waals surface area contributed by atoms with Gasteiger partial charge in [-0.05, 0) is 36.8 Å². The zero-order valence-electron chi connectivity index (χ0n) is 12.1. The van der Waals surface area contributed by atoms with Crippen molar-refractivity contribution in [3.8, 4) is 6.07 Å². The van der Waals surface area contributed by atoms with E-state index in [1.807, 2.05) is 6.07 Å². The zero-order valence-corrected chi connectivity index (χ0v) is 12.9. The van der Waals surface area contributed by atoms with Crippen LogP contribution in [-0.2, 0) is 0 Å². The van der Waals surface area contributed by atoms with E-state index in [0.717, 1.165) is 11.6 Å². The number of halogens is 1. The molecule has 23 heavy (non-hydrogen) atoms. The number of amides is 1. The van der Waals surface area contributed by atoms with Gasteiger partial charge in [0.1, 0.15) is 5.56 Å². The van der Waals surface area contributed by atoms with E-state index >= 15 is 0 Å². The number of nitro benzene ring substituents is 1. The molecule has 0 fully saturated rings. The largest absolute Gasteiger partial charge is 0.345 e. The molecule has 0 aliphatic heterocycles. The Morgan fingerprint density at radius 3 is 2.52 bits per heavy atom. The van der Waals surface area contributed by atoms with E-state index in [9.17, 15) is 14.9 Å². The molecule has 1 atom stereocenters. The van der Waals surface area contributed by atoms with Crippen molar-refractivity contribution in [1.29, 1.82) is 5.26 Å². The third-order valence-electron chi connectivity index (χ3n) is 3.29. The van der Waals surface area contributed by atoms with Crippen LogP contribution in [0.4, 0.5) is 5.69 Å². The maximum Gasteiger partial charge on any atom is 0.283 e. The fourth-order valence-corrected chi connectivity index (χ4v) is 2.22. The minimum Gasteiger partial charge on any atom is -0.345 e. The average Bonchev–Trinajstić information content (AvgIpc) is 2.54. The summed E-state index contributed by atoms with van der Waals surface area (Å²) in [5.74, 6) is -0.565. The topological polar surface area (TPSA) is 96.0 Å². The molecule has 0 saturated heterocycles. The summed E-state index contributed by atoms with van der Waals surface area (Å²) in [6, 6.07) is 12.3. The normalized spacial score (nSPS) is 11.3. The first kappa shape index (κ1) is 16.5. The van der Waals surface area contributed by atoms with E-state index in [0.29, 0.717) is 5.56 Å². The monoisotopic (exact) mass is 329 g/mol. The molecule has 6 nitrogen and oxygen atoms in total. The Labute approximate surface area is 137 Å². The molecule has 1 amide bonds. The number of nitrogens with one attached hydrogen (secondary N) is 1. The molecular weight excluding hydrogens is 318 g/mol. The van der Waals surface area contributed by atoms with Crippen LogP contribution in [0, 0.1) is 21.4 Å². The Bertz CT molecular complexity index is 797. The highest BCUT2D eigenvalue weighted by Crippen LogP contribution is 2.24. The molecule has 2 aromatic rings. The minimum absolute atomic E-state index is 0.0557. The number of benzene rings is 2. The van der Waals surface area contributed by atoms with Crippen LogP contribution >= 0.6 is 11.6 Å². The maximum atomic E-state index is 12.3. The molecule has 0 saturated carbocycles. The average molecular weight is 330 g/mol. The number of carbonyl (C=O) groups is 1. The third-order valence-corrected chi connectivity index (χ3v) is 3.52. The van der Waals surface area contributed by atoms with E-state index in [4.69, 9.17) is 16.9 Å². The summed E-state index contributed by atoms with van der Waals surface area (Å²) in [7, 11) is 0. The van der Waals surface area contributed by atoms with Gasteiger partial charge in [0.05, 0.1) is 22.6 Å². The molecule has 0 radical (unpaired) electrons. The van der Waals surface area contributed by atoms with Crippen LogP contribution in [0.1, 0.15) is 34.5 Å². The fourth-order valence-electron chi connectivity index (χ4n) is 2.05. The van der Waals surface area contributed by atoms with Crippen LogP contribution in [0.3, 0.4) is 0 Å². The lowest BCUT2D eigenvalue weighted by Crippen LogP contribution is -2.27. The summed E-state index contributed by atoms with van der Waals surface area (Å²) < 4.78 is 0. The van der Waals surface area contributed by atoms with Crippen LogP contribution < -0.4 is 5.32 Å². The van der Waals surface area contributed by atoms with Crippen molar-refractivity contribution in [3.63, 3.8) is 0 Å². The van der Waals surface area contributed by atoms with E-state index in [-0.39, 0.29) is 22.3 Å². The highest BCUT2D eigenvalue weighted by molar-refractivity contribution is 6.31. The summed E-state index contributed by atoms with van der Waals surface area (Å²) in [5, 5.41) is 22.7. The van der Waals surface area contributed by atoms with Crippen LogP contribution in [0.15, 0.2) is 42.5 Å². The Morgan fingerprint density at radius 2 is 1.96 bits per heavy atom. The second kappa shape index (κ2) is 6.90. The number of nitrogens with zero attached hydrogens (tertiary/aromatic N) is 2. The highest BCUT2D eigenvalue weighted by atomic mass is 35.5. The Kier molecular flexibility index (Phi) is 4.94. The van der Waals surface area contributed by atoms with Crippen LogP contribution in [-0.4, -0.2) is 10.8 Å². The maximum absolute atomic E-state index is 12.3. The molecule has 0 aromatic heterocycles. The van der Waals surface area contributed by atoms with Gasteiger partial charge in [0.2, 0.25) is 0 Å². The van der Waals surface area contributed by atoms with Gasteiger partial charge >= 0.3 is 0 Å². The molecular formula is C16H12ClN3O3. The zero-order chi connectivity index (χ0) is 17.0. The quantitative estimate of drug-likeness (QED) is 0.684. The van der Waals surface area contributed by atoms with Crippen molar-refractivity contribution in [2.24, 2.45) is 0 Å². The molecule has 7 heteroatoms. The second-order valence-electron chi connectivity index (χ2n) is 4.85. The molecule has 0 aliphatic carbocycles. The first-order valence-corrected chi connectivity index (χ1v) is 7.05. The van der Waals surface area contributed by atoms with Gasteiger partial charge < -0.3 is 5.32 Å². The fraction of sp³-hybridized carbons (Fsp3) is 0.125. The van der Waals surface area contributed by atoms with Gasteiger partial charge in [-0.15, -0.1) is 0 Å². The summed E-state index contributed by atoms with van der Waals surface area (Å²) in [5.41, 5.74) is 0.900. The highest BCUT2D eigenvalue weighted by Gasteiger charge is 2.22. The van der Waals surface area contributed by atoms with Gasteiger partial charge in [-0.3, -0.25) is 14.9 Å². The number of hydrogen-bond donors (Lipinski definition) is 1. The summed E-state index contributed by atoms with van der Waals surface area (Å²) >= 11 is 5.73. The summed E-state index contributed by atoms with van der Waals surface area (Å²) in [4.78, 5) is 22.7. The predicted molar refractivity (Wildman–Crippen MR) is 85.1 cm³/mol. The standard InChI is InChI=1S/C16H12ClN3O3/c1-10(12-4-2-11(9-18)3-5-12)19-16(21)14-7-6-13(17)8-15(14)20(22)23/h2-8,10H,1H3,(H,19,21). The number of carbonyl (C=O) groups excluding carboxylic acids is 1. The SMILES string of the molecule is CC(NC(=O)c1ccc(Cl)cc1[N+](=O)[O-])c1ccc(C#N)cc1. The van der Waals surface area contributed by atoms with Crippen molar-refractivity contribution >= 4 is 23.2 Å². The van der Waals surface area contributed by atoms with E-state index in [2.05, 4.69) is 5.32 Å². The molecule has 1 N–H and O–H groups in total. The van der Waals surface area contributed by atoms with Gasteiger partial charge in [-0.1, -0.05) is 23.7 Å². The van der Waals surface area contributed by atoms with E-state index in [1.165, 1.54) is 12.1 Å². The number of hydrogen-bond acceptors (Lipinski definition) is 4. The van der Waals surface area contributed by atoms with Crippen LogP contribution in [0.2, 0.25) is 5.02 Å². The predicted octanol–water partition coefficient (Wildman–Crippen LogP) is 3.61. The Balaban J connectivity index is 2.21. The van der Waals surface area contributed by atoms with Crippen LogP contribution in [0.25, 0.3) is 0 Å². The molecule has 0 heterocycles. The lowest BCUT2D eigenvalue weighted by Gasteiger charge is -2.14. The van der Waals surface area contributed by atoms with Gasteiger partial charge in [-0.25, -0.2) is 0 Å². The van der Waals surface area contributed by atoms with Crippen molar-refractivity contribution in [2.45, 2.75) is 13.0 Å². The molecule has 0 spiro atoms. The molecule has 1 unspecified atom stereocenters. The number of rotatable bonds is 4. The van der Waals surface area contributed by atoms with Gasteiger partial charge in [-0.2, -0.15) is 5.26 Å². The molecule has 0 bridgehead atoms. The van der Waals surface area contributed by atoms with Crippen molar-refractivity contribution in [2.75, 3.05) is 0 Å². The van der Waals surface area contributed by atoms with Gasteiger partial charge in [0, 0.05) is 11.1 Å². The third kappa shape index (κ3) is 3.84. The van der Waals surface area contributed by atoms with Crippen LogP contribution in [0.5, 0.6) is 0 Å². The van der Waals surface area contributed by atoms with E-state index in [1.54, 1.807) is 31.2 Å². The van der Waals surface area contributed by atoms with Gasteiger partial charge in [0.15, 0.2) is 0 Å². The van der Waals surface area contributed by atoms with Crippen molar-refractivity contribution in [3.05, 3.63) is 74.3 Å². The number of nitriles is 1. The molecule has 0 aliphatic rings. The smallest absolute Gasteiger partial charge is 0.283 e. The number of nitro groups is 1. The minimum atomic E-state index is -0.646. The first-order chi connectivity index (χ1) is 10.9. The lowest BCUT2D eigenvalue weighted by atomic mass is 10.1. The van der Waals surface area contributed by atoms with Crippen molar-refractivity contribution < 1.29 is 9.72 Å². The first-order valence-electron chi connectivity index (χ1n) is 6.67. The van der Waals surface area contributed by atoms with E-state index < -0.39 is 10.8 Å². The molecule has 2 rings (SSSR count). The Hall–Kier alpha value is -2.91. The lowest BCUT2D eigenvalue weighted by molar-refractivity contribution is -0.385. The summed E-state index contributed by atoms with van der Waals surface area (Å²) in [6.07, 6.45) is 0. The summed E-state index contributed by atoms with van der Waals surface area (Å²) in [6.45, 7) is 1.75. The van der Waals surface area contributed by atoms with Crippen molar-refractivity contribution in [1.82, 2.24) is 5.32 Å². The Morgan fingerprint density at radius 1 is 1.30 bits per heavy atom. The molecule has 2 aromatic carbocycles. The molecule has 116 valence electrons. The second-order valence-corrected chi connectivity index (χ2v) is 5.28.